The zero-order chi connectivity index (χ0) is 9.42. The molecule has 0 aliphatic carbocycles. The van der Waals surface area contributed by atoms with Crippen LogP contribution in [0.25, 0.3) is 10.8 Å². The summed E-state index contributed by atoms with van der Waals surface area (Å²) in [6, 6.07) is 4.48. The van der Waals surface area contributed by atoms with E-state index >= 15 is 0 Å². The van der Waals surface area contributed by atoms with Crippen molar-refractivity contribution in [2.75, 3.05) is 5.73 Å². The Hall–Kier alpha value is -1.35. The second-order valence-electron chi connectivity index (χ2n) is 2.69. The van der Waals surface area contributed by atoms with Gasteiger partial charge in [-0.05, 0) is 18.2 Å². The molecule has 0 aliphatic heterocycles. The van der Waals surface area contributed by atoms with Crippen LogP contribution in [-0.2, 0) is 0 Å². The number of nitrogens with two attached hydrogens (primary N) is 1. The third kappa shape index (κ3) is 1.31. The Morgan fingerprint density at radius 3 is 2.92 bits per heavy atom. The van der Waals surface area contributed by atoms with Crippen LogP contribution in [0.15, 0.2) is 24.4 Å². The van der Waals surface area contributed by atoms with E-state index < -0.39 is 5.82 Å². The number of hydrogen-bond acceptors (Lipinski definition) is 2. The molecular formula is C9H6ClFN2. The number of aromatic nitrogens is 1. The predicted molar refractivity (Wildman–Crippen MR) is 51.1 cm³/mol. The molecule has 2 N–H and O–H groups in total. The number of fused-ring (bicyclic) bond motifs is 1. The quantitative estimate of drug-likeness (QED) is 0.520. The summed E-state index contributed by atoms with van der Waals surface area (Å²) in [6.07, 6.45) is 1.56. The van der Waals surface area contributed by atoms with Gasteiger partial charge in [-0.2, -0.15) is 0 Å². The standard InChI is InChI=1S/C9H6ClFN2/c10-8-3-6-5(4-13-8)1-2-7(11)9(6)12/h1-4H,12H2. The van der Waals surface area contributed by atoms with Gasteiger partial charge in [-0.3, -0.25) is 0 Å². The maximum atomic E-state index is 13.0. The average Bonchev–Trinajstić information content (AvgIpc) is 2.12. The van der Waals surface area contributed by atoms with Gasteiger partial charge in [0.2, 0.25) is 0 Å². The van der Waals surface area contributed by atoms with Gasteiger partial charge in [0.25, 0.3) is 0 Å². The fourth-order valence-corrected chi connectivity index (χ4v) is 1.35. The van der Waals surface area contributed by atoms with Gasteiger partial charge in [0.15, 0.2) is 0 Å². The monoisotopic (exact) mass is 196 g/mol. The molecule has 0 saturated carbocycles. The summed E-state index contributed by atoms with van der Waals surface area (Å²) in [7, 11) is 0. The van der Waals surface area contributed by atoms with E-state index in [0.29, 0.717) is 10.5 Å². The molecule has 2 rings (SSSR count). The van der Waals surface area contributed by atoms with Gasteiger partial charge in [0.1, 0.15) is 11.0 Å². The van der Waals surface area contributed by atoms with Crippen molar-refractivity contribution >= 4 is 28.1 Å². The second-order valence-corrected chi connectivity index (χ2v) is 3.08. The molecular weight excluding hydrogens is 191 g/mol. The van der Waals surface area contributed by atoms with E-state index in [2.05, 4.69) is 4.98 Å². The molecule has 1 aromatic heterocycles. The second kappa shape index (κ2) is 2.85. The summed E-state index contributed by atoms with van der Waals surface area (Å²) < 4.78 is 13.0. The lowest BCUT2D eigenvalue weighted by Crippen LogP contribution is -1.92. The van der Waals surface area contributed by atoms with Gasteiger partial charge < -0.3 is 5.73 Å². The Labute approximate surface area is 79.1 Å². The van der Waals surface area contributed by atoms with Crippen LogP contribution < -0.4 is 5.73 Å². The number of nitrogens with zero attached hydrogens (tertiary/aromatic N) is 1. The van der Waals surface area contributed by atoms with E-state index in [1.807, 2.05) is 0 Å². The Bertz CT molecular complexity index is 465. The third-order valence-corrected chi connectivity index (χ3v) is 2.06. The maximum absolute atomic E-state index is 13.0. The molecule has 66 valence electrons. The summed E-state index contributed by atoms with van der Waals surface area (Å²) >= 11 is 5.65. The van der Waals surface area contributed by atoms with Gasteiger partial charge in [0, 0.05) is 17.0 Å². The number of anilines is 1. The zero-order valence-corrected chi connectivity index (χ0v) is 7.35. The SMILES string of the molecule is Nc1c(F)ccc2cnc(Cl)cc12. The lowest BCUT2D eigenvalue weighted by Gasteiger charge is -2.02. The van der Waals surface area contributed by atoms with E-state index in [1.165, 1.54) is 6.07 Å². The molecule has 0 aliphatic rings. The molecule has 1 heterocycles. The summed E-state index contributed by atoms with van der Waals surface area (Å²) in [5, 5.41) is 1.69. The molecule has 2 aromatic rings. The highest BCUT2D eigenvalue weighted by molar-refractivity contribution is 6.30. The normalized spacial score (nSPS) is 10.6. The van der Waals surface area contributed by atoms with Crippen LogP contribution in [0.1, 0.15) is 0 Å². The molecule has 0 amide bonds. The summed E-state index contributed by atoms with van der Waals surface area (Å²) in [4.78, 5) is 3.87. The van der Waals surface area contributed by atoms with E-state index in [4.69, 9.17) is 17.3 Å². The Morgan fingerprint density at radius 1 is 1.38 bits per heavy atom. The molecule has 13 heavy (non-hydrogen) atoms. The summed E-state index contributed by atoms with van der Waals surface area (Å²) in [6.45, 7) is 0. The number of benzene rings is 1. The van der Waals surface area contributed by atoms with Crippen LogP contribution in [-0.4, -0.2) is 4.98 Å². The first-order valence-electron chi connectivity index (χ1n) is 3.68. The first-order chi connectivity index (χ1) is 6.18. The molecule has 0 spiro atoms. The van der Waals surface area contributed by atoms with Gasteiger partial charge in [-0.1, -0.05) is 11.6 Å². The van der Waals surface area contributed by atoms with Crippen LogP contribution >= 0.6 is 11.6 Å². The number of halogens is 2. The van der Waals surface area contributed by atoms with Gasteiger partial charge >= 0.3 is 0 Å². The van der Waals surface area contributed by atoms with Crippen molar-refractivity contribution in [2.24, 2.45) is 0 Å². The average molecular weight is 197 g/mol. The molecule has 4 heteroatoms. The number of rotatable bonds is 0. The molecule has 0 saturated heterocycles. The number of nitrogen functional groups attached to an aromatic ring is 1. The minimum absolute atomic E-state index is 0.113. The highest BCUT2D eigenvalue weighted by Crippen LogP contribution is 2.24. The fourth-order valence-electron chi connectivity index (χ4n) is 1.19. The van der Waals surface area contributed by atoms with E-state index in [9.17, 15) is 4.39 Å². The molecule has 0 radical (unpaired) electrons. The zero-order valence-electron chi connectivity index (χ0n) is 6.59. The minimum atomic E-state index is -0.435. The topological polar surface area (TPSA) is 38.9 Å². The van der Waals surface area contributed by atoms with Crippen LogP contribution in [0.2, 0.25) is 5.15 Å². The third-order valence-electron chi connectivity index (χ3n) is 1.86. The lowest BCUT2D eigenvalue weighted by molar-refractivity contribution is 0.634. The number of hydrogen-bond donors (Lipinski definition) is 1. The largest absolute Gasteiger partial charge is 0.396 e. The van der Waals surface area contributed by atoms with Crippen LogP contribution in [0, 0.1) is 5.82 Å². The van der Waals surface area contributed by atoms with Gasteiger partial charge in [0.05, 0.1) is 5.69 Å². The highest BCUT2D eigenvalue weighted by Gasteiger charge is 2.04. The summed E-state index contributed by atoms with van der Waals surface area (Å²) in [5.74, 6) is -0.435. The van der Waals surface area contributed by atoms with E-state index in [-0.39, 0.29) is 5.69 Å². The van der Waals surface area contributed by atoms with Crippen LogP contribution in [0.5, 0.6) is 0 Å². The predicted octanol–water partition coefficient (Wildman–Crippen LogP) is 2.61. The fraction of sp³-hybridized carbons (Fsp3) is 0. The molecule has 0 fully saturated rings. The maximum Gasteiger partial charge on any atom is 0.146 e. The van der Waals surface area contributed by atoms with Crippen molar-refractivity contribution in [2.45, 2.75) is 0 Å². The first kappa shape index (κ1) is 8.26. The van der Waals surface area contributed by atoms with Crippen molar-refractivity contribution in [3.63, 3.8) is 0 Å². The van der Waals surface area contributed by atoms with E-state index in [0.717, 1.165) is 5.39 Å². The van der Waals surface area contributed by atoms with Gasteiger partial charge in [-0.25, -0.2) is 9.37 Å². The van der Waals surface area contributed by atoms with Crippen molar-refractivity contribution in [3.05, 3.63) is 35.4 Å². The van der Waals surface area contributed by atoms with Gasteiger partial charge in [-0.15, -0.1) is 0 Å². The molecule has 0 bridgehead atoms. The Balaban J connectivity index is 2.89. The molecule has 2 nitrogen and oxygen atoms in total. The van der Waals surface area contributed by atoms with Crippen LogP contribution in [0.3, 0.4) is 0 Å². The Kier molecular flexibility index (Phi) is 1.81. The van der Waals surface area contributed by atoms with Crippen molar-refractivity contribution in [3.8, 4) is 0 Å². The molecule has 0 unspecified atom stereocenters. The van der Waals surface area contributed by atoms with E-state index in [1.54, 1.807) is 18.3 Å². The smallest absolute Gasteiger partial charge is 0.146 e. The van der Waals surface area contributed by atoms with Crippen molar-refractivity contribution < 1.29 is 4.39 Å². The van der Waals surface area contributed by atoms with Crippen molar-refractivity contribution in [1.82, 2.24) is 4.98 Å². The molecule has 1 aromatic carbocycles. The lowest BCUT2D eigenvalue weighted by atomic mass is 10.1. The van der Waals surface area contributed by atoms with Crippen molar-refractivity contribution in [1.29, 1.82) is 0 Å². The highest BCUT2D eigenvalue weighted by atomic mass is 35.5. The first-order valence-corrected chi connectivity index (χ1v) is 4.05. The van der Waals surface area contributed by atoms with Crippen LogP contribution in [0.4, 0.5) is 10.1 Å². The summed E-state index contributed by atoms with van der Waals surface area (Å²) in [5.41, 5.74) is 5.64. The molecule has 0 atom stereocenters. The Morgan fingerprint density at radius 2 is 2.15 bits per heavy atom. The minimum Gasteiger partial charge on any atom is -0.396 e. The number of pyridine rings is 1.